The maximum absolute atomic E-state index is 12.5. The second-order valence-corrected chi connectivity index (χ2v) is 7.75. The summed E-state index contributed by atoms with van der Waals surface area (Å²) in [6, 6.07) is 4.53. The van der Waals surface area contributed by atoms with Crippen LogP contribution >= 0.6 is 0 Å². The third kappa shape index (κ3) is 5.31. The van der Waals surface area contributed by atoms with Gasteiger partial charge in [0, 0.05) is 23.2 Å². The fraction of sp³-hybridized carbons (Fsp3) is 0.571. The number of nitrogens with one attached hydrogen (secondary N) is 2. The summed E-state index contributed by atoms with van der Waals surface area (Å²) in [5.41, 5.74) is 0.893. The molecule has 0 saturated heterocycles. The summed E-state index contributed by atoms with van der Waals surface area (Å²) < 4.78 is 0. The first-order chi connectivity index (χ1) is 13.0. The van der Waals surface area contributed by atoms with E-state index >= 15 is 0 Å². The number of carboxylic acid groups (broad SMARTS) is 1. The zero-order valence-corrected chi connectivity index (χ0v) is 15.6. The molecule has 0 bridgehead atoms. The molecule has 0 radical (unpaired) electrons. The lowest BCUT2D eigenvalue weighted by molar-refractivity contribution is -0.121. The number of anilines is 2. The second kappa shape index (κ2) is 9.02. The van der Waals surface area contributed by atoms with E-state index in [0.717, 1.165) is 64.2 Å². The van der Waals surface area contributed by atoms with Crippen LogP contribution in [0.15, 0.2) is 18.2 Å². The summed E-state index contributed by atoms with van der Waals surface area (Å²) in [6.45, 7) is 0. The van der Waals surface area contributed by atoms with Crippen LogP contribution in [0.25, 0.3) is 0 Å². The molecule has 0 spiro atoms. The molecule has 1 aromatic carbocycles. The van der Waals surface area contributed by atoms with Crippen LogP contribution in [0, 0.1) is 11.8 Å². The van der Waals surface area contributed by atoms with Gasteiger partial charge in [0.15, 0.2) is 0 Å². The normalized spacial score (nSPS) is 18.7. The van der Waals surface area contributed by atoms with E-state index in [1.54, 1.807) is 6.07 Å². The first-order valence-electron chi connectivity index (χ1n) is 10.0. The number of carbonyl (C=O) groups is 3. The van der Waals surface area contributed by atoms with Crippen LogP contribution in [0.2, 0.25) is 0 Å². The number of carbonyl (C=O) groups excluding carboxylic acids is 2. The van der Waals surface area contributed by atoms with Crippen LogP contribution in [0.4, 0.5) is 11.4 Å². The van der Waals surface area contributed by atoms with Crippen molar-refractivity contribution in [1.82, 2.24) is 0 Å². The Kier molecular flexibility index (Phi) is 6.48. The van der Waals surface area contributed by atoms with Crippen LogP contribution < -0.4 is 10.6 Å². The van der Waals surface area contributed by atoms with E-state index in [1.807, 2.05) is 0 Å². The topological polar surface area (TPSA) is 95.5 Å². The summed E-state index contributed by atoms with van der Waals surface area (Å²) in [4.78, 5) is 36.4. The average molecular weight is 372 g/mol. The highest BCUT2D eigenvalue weighted by atomic mass is 16.4. The minimum absolute atomic E-state index is 0.0208. The number of rotatable bonds is 5. The van der Waals surface area contributed by atoms with Crippen LogP contribution in [0.5, 0.6) is 0 Å². The van der Waals surface area contributed by atoms with E-state index in [9.17, 15) is 19.5 Å². The lowest BCUT2D eigenvalue weighted by Gasteiger charge is -2.22. The third-order valence-corrected chi connectivity index (χ3v) is 5.67. The van der Waals surface area contributed by atoms with Crippen molar-refractivity contribution in [3.63, 3.8) is 0 Å². The molecule has 0 aliphatic heterocycles. The predicted octanol–water partition coefficient (Wildman–Crippen LogP) is 4.42. The van der Waals surface area contributed by atoms with E-state index in [1.165, 1.54) is 12.1 Å². The molecular formula is C21H28N2O4. The Bertz CT molecular complexity index is 654. The molecule has 0 aromatic heterocycles. The minimum Gasteiger partial charge on any atom is -0.478 e. The summed E-state index contributed by atoms with van der Waals surface area (Å²) in [6.07, 6.45) is 10.0. The van der Waals surface area contributed by atoms with Gasteiger partial charge in [-0.3, -0.25) is 9.59 Å². The predicted molar refractivity (Wildman–Crippen MR) is 104 cm³/mol. The number of hydrogen-bond acceptors (Lipinski definition) is 3. The number of carboxylic acids is 1. The van der Waals surface area contributed by atoms with Crippen molar-refractivity contribution >= 4 is 29.2 Å². The molecule has 6 heteroatoms. The summed E-state index contributed by atoms with van der Waals surface area (Å²) in [7, 11) is 0. The molecule has 3 N–H and O–H groups in total. The number of aromatic carboxylic acids is 1. The van der Waals surface area contributed by atoms with Crippen LogP contribution in [-0.4, -0.2) is 22.9 Å². The van der Waals surface area contributed by atoms with Crippen molar-refractivity contribution in [1.29, 1.82) is 0 Å². The van der Waals surface area contributed by atoms with Crippen molar-refractivity contribution in [3.05, 3.63) is 23.8 Å². The van der Waals surface area contributed by atoms with E-state index in [4.69, 9.17) is 0 Å². The zero-order chi connectivity index (χ0) is 19.2. The molecule has 0 atom stereocenters. The summed E-state index contributed by atoms with van der Waals surface area (Å²) in [5, 5.41) is 15.1. The van der Waals surface area contributed by atoms with E-state index in [-0.39, 0.29) is 29.2 Å². The van der Waals surface area contributed by atoms with Crippen LogP contribution in [0.1, 0.15) is 74.6 Å². The molecule has 2 aliphatic carbocycles. The van der Waals surface area contributed by atoms with Crippen molar-refractivity contribution in [2.24, 2.45) is 11.8 Å². The molecule has 146 valence electrons. The van der Waals surface area contributed by atoms with Crippen molar-refractivity contribution in [3.8, 4) is 0 Å². The van der Waals surface area contributed by atoms with Gasteiger partial charge in [0.05, 0.1) is 5.56 Å². The molecule has 2 aliphatic rings. The highest BCUT2D eigenvalue weighted by molar-refractivity contribution is 5.99. The molecule has 0 heterocycles. The van der Waals surface area contributed by atoms with E-state index < -0.39 is 5.97 Å². The van der Waals surface area contributed by atoms with E-state index in [2.05, 4.69) is 10.6 Å². The fourth-order valence-corrected chi connectivity index (χ4v) is 4.11. The molecule has 0 unspecified atom stereocenters. The summed E-state index contributed by atoms with van der Waals surface area (Å²) >= 11 is 0. The van der Waals surface area contributed by atoms with Gasteiger partial charge in [-0.25, -0.2) is 4.79 Å². The number of benzene rings is 1. The molecule has 2 saturated carbocycles. The van der Waals surface area contributed by atoms with Crippen LogP contribution in [0.3, 0.4) is 0 Å². The molecule has 6 nitrogen and oxygen atoms in total. The van der Waals surface area contributed by atoms with Crippen molar-refractivity contribution in [2.45, 2.75) is 64.2 Å². The Morgan fingerprint density at radius 2 is 1.11 bits per heavy atom. The van der Waals surface area contributed by atoms with Gasteiger partial charge in [0.1, 0.15) is 0 Å². The third-order valence-electron chi connectivity index (χ3n) is 5.67. The van der Waals surface area contributed by atoms with Gasteiger partial charge in [-0.05, 0) is 43.9 Å². The number of hydrogen-bond donors (Lipinski definition) is 3. The lowest BCUT2D eigenvalue weighted by Crippen LogP contribution is -2.26. The Morgan fingerprint density at radius 1 is 0.704 bits per heavy atom. The maximum Gasteiger partial charge on any atom is 0.335 e. The SMILES string of the molecule is O=C(O)c1cc(NC(=O)C2CCCCC2)cc(NC(=O)C2CCCCC2)c1. The Morgan fingerprint density at radius 3 is 1.48 bits per heavy atom. The quantitative estimate of drug-likeness (QED) is 0.713. The second-order valence-electron chi connectivity index (χ2n) is 7.75. The van der Waals surface area contributed by atoms with Gasteiger partial charge in [-0.2, -0.15) is 0 Å². The molecule has 27 heavy (non-hydrogen) atoms. The highest BCUT2D eigenvalue weighted by Gasteiger charge is 2.23. The van der Waals surface area contributed by atoms with Gasteiger partial charge in [-0.1, -0.05) is 38.5 Å². The first-order valence-corrected chi connectivity index (χ1v) is 10.0. The minimum atomic E-state index is -1.09. The standard InChI is InChI=1S/C21H28N2O4/c24-19(14-7-3-1-4-8-14)22-17-11-16(21(26)27)12-18(13-17)23-20(25)15-9-5-2-6-10-15/h11-15H,1-10H2,(H,22,24)(H,23,25)(H,26,27). The smallest absolute Gasteiger partial charge is 0.335 e. The molecule has 1 aromatic rings. The fourth-order valence-electron chi connectivity index (χ4n) is 4.11. The van der Waals surface area contributed by atoms with Crippen LogP contribution in [-0.2, 0) is 9.59 Å². The zero-order valence-electron chi connectivity index (χ0n) is 15.6. The maximum atomic E-state index is 12.5. The first kappa shape index (κ1) is 19.4. The molecular weight excluding hydrogens is 344 g/mol. The van der Waals surface area contributed by atoms with Gasteiger partial charge in [-0.15, -0.1) is 0 Å². The summed E-state index contributed by atoms with van der Waals surface area (Å²) in [5.74, 6) is -1.26. The molecule has 2 amide bonds. The molecule has 3 rings (SSSR count). The van der Waals surface area contributed by atoms with Crippen molar-refractivity contribution in [2.75, 3.05) is 10.6 Å². The monoisotopic (exact) mass is 372 g/mol. The van der Waals surface area contributed by atoms with Gasteiger partial charge in [0.2, 0.25) is 11.8 Å². The van der Waals surface area contributed by atoms with Gasteiger partial charge < -0.3 is 15.7 Å². The van der Waals surface area contributed by atoms with Gasteiger partial charge in [0.25, 0.3) is 0 Å². The van der Waals surface area contributed by atoms with Crippen molar-refractivity contribution < 1.29 is 19.5 Å². The van der Waals surface area contributed by atoms with Gasteiger partial charge >= 0.3 is 5.97 Å². The lowest BCUT2D eigenvalue weighted by atomic mass is 9.88. The Balaban J connectivity index is 1.72. The Labute approximate surface area is 159 Å². The average Bonchev–Trinajstić information content (AvgIpc) is 2.69. The Hall–Kier alpha value is -2.37. The van der Waals surface area contributed by atoms with E-state index in [0.29, 0.717) is 11.4 Å². The largest absolute Gasteiger partial charge is 0.478 e. The molecule has 2 fully saturated rings. The number of amides is 2. The highest BCUT2D eigenvalue weighted by Crippen LogP contribution is 2.28.